The Morgan fingerprint density at radius 1 is 1.04 bits per heavy atom. The number of nitrogens with zero attached hydrogens (tertiary/aromatic N) is 1. The predicted octanol–water partition coefficient (Wildman–Crippen LogP) is 4.01. The summed E-state index contributed by atoms with van der Waals surface area (Å²) in [5, 5.41) is 2.23. The second-order valence-electron chi connectivity index (χ2n) is 5.53. The average molecular weight is 350 g/mol. The van der Waals surface area contributed by atoms with E-state index in [1.165, 1.54) is 30.0 Å². The largest absolute Gasteiger partial charge is 0.418 e. The molecule has 0 aliphatic rings. The highest BCUT2D eigenvalue weighted by Crippen LogP contribution is 2.34. The van der Waals surface area contributed by atoms with E-state index in [0.717, 1.165) is 11.6 Å². The van der Waals surface area contributed by atoms with Gasteiger partial charge in [-0.2, -0.15) is 13.2 Å². The maximum absolute atomic E-state index is 13.0. The van der Waals surface area contributed by atoms with Gasteiger partial charge in [-0.1, -0.05) is 29.8 Å². The van der Waals surface area contributed by atoms with E-state index in [2.05, 4.69) is 5.32 Å². The summed E-state index contributed by atoms with van der Waals surface area (Å²) >= 11 is 0. The van der Waals surface area contributed by atoms with E-state index in [1.54, 1.807) is 24.3 Å². The van der Waals surface area contributed by atoms with Crippen molar-refractivity contribution >= 4 is 23.2 Å². The third kappa shape index (κ3) is 4.82. The number of aryl methyl sites for hydroxylation is 1. The Bertz CT molecular complexity index is 771. The molecule has 0 heterocycles. The zero-order valence-electron chi connectivity index (χ0n) is 13.7. The van der Waals surface area contributed by atoms with Crippen LogP contribution in [0.2, 0.25) is 0 Å². The van der Waals surface area contributed by atoms with Gasteiger partial charge in [0.1, 0.15) is 6.54 Å². The normalized spacial score (nSPS) is 11.1. The van der Waals surface area contributed by atoms with Crippen molar-refractivity contribution in [2.75, 3.05) is 16.8 Å². The van der Waals surface area contributed by atoms with E-state index in [4.69, 9.17) is 0 Å². The van der Waals surface area contributed by atoms with Crippen LogP contribution in [0.3, 0.4) is 0 Å². The number of carbonyl (C=O) groups excluding carboxylic acids is 2. The maximum Gasteiger partial charge on any atom is 0.418 e. The summed E-state index contributed by atoms with van der Waals surface area (Å²) in [5.41, 5.74) is 0.202. The molecule has 0 saturated heterocycles. The molecule has 2 aromatic carbocycles. The zero-order valence-corrected chi connectivity index (χ0v) is 13.7. The van der Waals surface area contributed by atoms with Crippen molar-refractivity contribution < 1.29 is 22.8 Å². The van der Waals surface area contributed by atoms with Gasteiger partial charge in [-0.3, -0.25) is 9.59 Å². The number of hydrogen-bond acceptors (Lipinski definition) is 2. The maximum atomic E-state index is 13.0. The van der Waals surface area contributed by atoms with Crippen LogP contribution in [-0.2, 0) is 15.8 Å². The van der Waals surface area contributed by atoms with E-state index < -0.39 is 17.6 Å². The molecule has 2 rings (SSSR count). The van der Waals surface area contributed by atoms with Crippen LogP contribution in [0.25, 0.3) is 0 Å². The van der Waals surface area contributed by atoms with E-state index in [9.17, 15) is 22.8 Å². The summed E-state index contributed by atoms with van der Waals surface area (Å²) in [6.07, 6.45) is -4.58. The number of nitrogens with one attached hydrogen (secondary N) is 1. The van der Waals surface area contributed by atoms with Gasteiger partial charge in [-0.15, -0.1) is 0 Å². The standard InChI is InChI=1S/C18H17F3N2O2/c1-12-7-9-14(10-8-12)23(13(2)24)11-17(25)22-16-6-4-3-5-15(16)18(19,20)21/h3-10H,11H2,1-2H3,(H,22,25). The molecule has 0 aliphatic heterocycles. The first kappa shape index (κ1) is 18.5. The molecule has 0 saturated carbocycles. The molecule has 25 heavy (non-hydrogen) atoms. The first-order chi connectivity index (χ1) is 11.7. The first-order valence-electron chi connectivity index (χ1n) is 7.49. The number of amides is 2. The summed E-state index contributed by atoms with van der Waals surface area (Å²) < 4.78 is 38.9. The summed E-state index contributed by atoms with van der Waals surface area (Å²) in [5.74, 6) is -1.10. The minimum Gasteiger partial charge on any atom is -0.324 e. The molecule has 2 amide bonds. The van der Waals surface area contributed by atoms with Crippen LogP contribution < -0.4 is 10.2 Å². The van der Waals surface area contributed by atoms with Crippen LogP contribution in [0.4, 0.5) is 24.5 Å². The van der Waals surface area contributed by atoms with Gasteiger partial charge in [0.25, 0.3) is 0 Å². The summed E-state index contributed by atoms with van der Waals surface area (Å²) in [6.45, 7) is 2.78. The van der Waals surface area contributed by atoms with Gasteiger partial charge in [0.05, 0.1) is 11.3 Å². The molecule has 0 spiro atoms. The molecule has 0 aromatic heterocycles. The van der Waals surface area contributed by atoms with Crippen molar-refractivity contribution in [1.29, 1.82) is 0 Å². The Balaban J connectivity index is 2.18. The Labute approximate surface area is 143 Å². The van der Waals surface area contributed by atoms with E-state index >= 15 is 0 Å². The number of benzene rings is 2. The minimum atomic E-state index is -4.58. The molecule has 0 unspecified atom stereocenters. The summed E-state index contributed by atoms with van der Waals surface area (Å²) in [7, 11) is 0. The van der Waals surface area contributed by atoms with E-state index in [1.807, 2.05) is 6.92 Å². The highest BCUT2D eigenvalue weighted by Gasteiger charge is 2.33. The number of halogens is 3. The van der Waals surface area contributed by atoms with Gasteiger partial charge >= 0.3 is 6.18 Å². The third-order valence-electron chi connectivity index (χ3n) is 3.53. The van der Waals surface area contributed by atoms with Crippen LogP contribution in [-0.4, -0.2) is 18.4 Å². The topological polar surface area (TPSA) is 49.4 Å². The molecule has 0 atom stereocenters. The number of para-hydroxylation sites is 1. The molecule has 0 radical (unpaired) electrons. The molecular weight excluding hydrogens is 333 g/mol. The fourth-order valence-corrected chi connectivity index (χ4v) is 2.28. The van der Waals surface area contributed by atoms with Gasteiger partial charge < -0.3 is 10.2 Å². The number of carbonyl (C=O) groups is 2. The number of hydrogen-bond donors (Lipinski definition) is 1. The summed E-state index contributed by atoms with van der Waals surface area (Å²) in [6, 6.07) is 11.6. The van der Waals surface area contributed by atoms with Crippen molar-refractivity contribution in [1.82, 2.24) is 0 Å². The third-order valence-corrected chi connectivity index (χ3v) is 3.53. The SMILES string of the molecule is CC(=O)N(CC(=O)Nc1ccccc1C(F)(F)F)c1ccc(C)cc1. The molecule has 0 fully saturated rings. The van der Waals surface area contributed by atoms with Gasteiger partial charge in [-0.25, -0.2) is 0 Å². The lowest BCUT2D eigenvalue weighted by atomic mass is 10.1. The first-order valence-corrected chi connectivity index (χ1v) is 7.49. The van der Waals surface area contributed by atoms with Gasteiger partial charge in [-0.05, 0) is 31.2 Å². The zero-order chi connectivity index (χ0) is 18.6. The fourth-order valence-electron chi connectivity index (χ4n) is 2.28. The van der Waals surface area contributed by atoms with Crippen molar-refractivity contribution in [2.45, 2.75) is 20.0 Å². The minimum absolute atomic E-state index is 0.340. The quantitative estimate of drug-likeness (QED) is 0.906. The lowest BCUT2D eigenvalue weighted by Gasteiger charge is -2.21. The Morgan fingerprint density at radius 2 is 1.64 bits per heavy atom. The molecule has 1 N–H and O–H groups in total. The van der Waals surface area contributed by atoms with Crippen molar-refractivity contribution in [3.63, 3.8) is 0 Å². The molecule has 7 heteroatoms. The molecule has 132 valence electrons. The number of alkyl halides is 3. The van der Waals surface area contributed by atoms with E-state index in [-0.39, 0.29) is 18.1 Å². The van der Waals surface area contributed by atoms with Gasteiger partial charge in [0.15, 0.2) is 0 Å². The number of anilines is 2. The second kappa shape index (κ2) is 7.38. The highest BCUT2D eigenvalue weighted by atomic mass is 19.4. The van der Waals surface area contributed by atoms with Gasteiger partial charge in [0, 0.05) is 12.6 Å². The van der Waals surface area contributed by atoms with Crippen molar-refractivity contribution in [3.8, 4) is 0 Å². The Kier molecular flexibility index (Phi) is 5.46. The van der Waals surface area contributed by atoms with Crippen LogP contribution in [0.15, 0.2) is 48.5 Å². The smallest absolute Gasteiger partial charge is 0.324 e. The Hall–Kier alpha value is -2.83. The molecular formula is C18H17F3N2O2. The molecule has 0 bridgehead atoms. The highest BCUT2D eigenvalue weighted by molar-refractivity contribution is 6.02. The van der Waals surface area contributed by atoms with Crippen LogP contribution >= 0.6 is 0 Å². The number of rotatable bonds is 4. The molecule has 0 aliphatic carbocycles. The monoisotopic (exact) mass is 350 g/mol. The van der Waals surface area contributed by atoms with Crippen LogP contribution in [0.1, 0.15) is 18.1 Å². The summed E-state index contributed by atoms with van der Waals surface area (Å²) in [4.78, 5) is 25.2. The van der Waals surface area contributed by atoms with Gasteiger partial charge in [0.2, 0.25) is 11.8 Å². The Morgan fingerprint density at radius 3 is 2.20 bits per heavy atom. The van der Waals surface area contributed by atoms with Crippen LogP contribution in [0.5, 0.6) is 0 Å². The lowest BCUT2D eigenvalue weighted by Crippen LogP contribution is -2.37. The average Bonchev–Trinajstić information content (AvgIpc) is 2.53. The van der Waals surface area contributed by atoms with Crippen LogP contribution in [0, 0.1) is 6.92 Å². The lowest BCUT2D eigenvalue weighted by molar-refractivity contribution is -0.137. The van der Waals surface area contributed by atoms with E-state index in [0.29, 0.717) is 5.69 Å². The molecule has 2 aromatic rings. The van der Waals surface area contributed by atoms with Crippen molar-refractivity contribution in [2.24, 2.45) is 0 Å². The predicted molar refractivity (Wildman–Crippen MR) is 89.3 cm³/mol. The molecule has 4 nitrogen and oxygen atoms in total. The second-order valence-corrected chi connectivity index (χ2v) is 5.53. The van der Waals surface area contributed by atoms with Crippen molar-refractivity contribution in [3.05, 3.63) is 59.7 Å². The fraction of sp³-hybridized carbons (Fsp3) is 0.222.